The van der Waals surface area contributed by atoms with Crippen LogP contribution in [0.4, 0.5) is 0 Å². The van der Waals surface area contributed by atoms with Gasteiger partial charge in [-0.05, 0) is 6.42 Å². The zero-order chi connectivity index (χ0) is 13.1. The van der Waals surface area contributed by atoms with Crippen LogP contribution in [0.5, 0.6) is 0 Å². The maximum atomic E-state index is 11.1. The monoisotopic (exact) mass is 249 g/mol. The molecule has 0 rings (SSSR count). The van der Waals surface area contributed by atoms with Gasteiger partial charge in [-0.25, -0.2) is 0 Å². The van der Waals surface area contributed by atoms with Gasteiger partial charge < -0.3 is 19.3 Å². The molecule has 0 aromatic heterocycles. The van der Waals surface area contributed by atoms with Crippen LogP contribution in [0.25, 0.3) is 0 Å². The van der Waals surface area contributed by atoms with Gasteiger partial charge in [-0.15, -0.1) is 0 Å². The standard InChI is InChI=1S/C11H23NO5/c1-4-5-6-10(14)17-8-9(13)12-7-11(15-2)16-3/h9,11-13H,4-8H2,1-3H3. The van der Waals surface area contributed by atoms with E-state index in [9.17, 15) is 9.90 Å². The predicted molar refractivity (Wildman–Crippen MR) is 62.3 cm³/mol. The summed E-state index contributed by atoms with van der Waals surface area (Å²) < 4.78 is 14.7. The Morgan fingerprint density at radius 3 is 2.53 bits per heavy atom. The number of carbonyl (C=O) groups excluding carboxylic acids is 1. The third kappa shape index (κ3) is 9.05. The highest BCUT2D eigenvalue weighted by atomic mass is 16.7. The van der Waals surface area contributed by atoms with Crippen LogP contribution in [-0.4, -0.2) is 51.0 Å². The zero-order valence-electron chi connectivity index (χ0n) is 10.8. The van der Waals surface area contributed by atoms with Gasteiger partial charge in [0.15, 0.2) is 6.29 Å². The normalized spacial score (nSPS) is 12.8. The largest absolute Gasteiger partial charge is 0.461 e. The number of aliphatic hydroxyl groups is 1. The first-order valence-electron chi connectivity index (χ1n) is 5.76. The number of aliphatic hydroxyl groups excluding tert-OH is 1. The summed E-state index contributed by atoms with van der Waals surface area (Å²) in [6.07, 6.45) is 0.799. The van der Waals surface area contributed by atoms with Gasteiger partial charge >= 0.3 is 5.97 Å². The Kier molecular flexibility index (Phi) is 10.0. The van der Waals surface area contributed by atoms with E-state index in [1.54, 1.807) is 0 Å². The first-order chi connectivity index (χ1) is 8.13. The number of nitrogens with one attached hydrogen (secondary N) is 1. The third-order valence-electron chi connectivity index (χ3n) is 2.18. The van der Waals surface area contributed by atoms with Gasteiger partial charge in [-0.1, -0.05) is 13.3 Å². The van der Waals surface area contributed by atoms with E-state index >= 15 is 0 Å². The van der Waals surface area contributed by atoms with Crippen molar-refractivity contribution in [3.05, 3.63) is 0 Å². The molecule has 0 aliphatic rings. The molecule has 6 nitrogen and oxygen atoms in total. The van der Waals surface area contributed by atoms with Gasteiger partial charge in [0.25, 0.3) is 0 Å². The molecule has 0 amide bonds. The number of methoxy groups -OCH3 is 2. The van der Waals surface area contributed by atoms with E-state index in [4.69, 9.17) is 14.2 Å². The molecule has 0 aliphatic heterocycles. The molecule has 0 aromatic rings. The number of hydrogen-bond acceptors (Lipinski definition) is 6. The highest BCUT2D eigenvalue weighted by Crippen LogP contribution is 1.97. The number of rotatable bonds is 10. The minimum atomic E-state index is -0.909. The van der Waals surface area contributed by atoms with Crippen molar-refractivity contribution in [2.24, 2.45) is 0 Å². The smallest absolute Gasteiger partial charge is 0.305 e. The molecule has 0 spiro atoms. The molecule has 1 atom stereocenters. The number of unbranched alkanes of at least 4 members (excludes halogenated alkanes) is 1. The lowest BCUT2D eigenvalue weighted by Crippen LogP contribution is -2.40. The third-order valence-corrected chi connectivity index (χ3v) is 2.18. The van der Waals surface area contributed by atoms with Gasteiger partial charge in [0, 0.05) is 27.2 Å². The average molecular weight is 249 g/mol. The van der Waals surface area contributed by atoms with Crippen molar-refractivity contribution in [3.63, 3.8) is 0 Å². The molecule has 0 aromatic carbocycles. The summed E-state index contributed by atoms with van der Waals surface area (Å²) >= 11 is 0. The highest BCUT2D eigenvalue weighted by Gasteiger charge is 2.11. The lowest BCUT2D eigenvalue weighted by atomic mass is 10.2. The summed E-state index contributed by atoms with van der Waals surface area (Å²) in [6, 6.07) is 0. The van der Waals surface area contributed by atoms with Gasteiger partial charge in [0.05, 0.1) is 0 Å². The summed E-state index contributed by atoms with van der Waals surface area (Å²) in [4.78, 5) is 11.1. The van der Waals surface area contributed by atoms with Crippen LogP contribution in [0.3, 0.4) is 0 Å². The molecular weight excluding hydrogens is 226 g/mol. The van der Waals surface area contributed by atoms with Crippen LogP contribution in [0.1, 0.15) is 26.2 Å². The first kappa shape index (κ1) is 16.3. The second kappa shape index (κ2) is 10.5. The summed E-state index contributed by atoms with van der Waals surface area (Å²) in [5.74, 6) is -0.289. The Bertz CT molecular complexity index is 196. The van der Waals surface area contributed by atoms with Crippen molar-refractivity contribution in [2.45, 2.75) is 38.7 Å². The quantitative estimate of drug-likeness (QED) is 0.427. The minimum Gasteiger partial charge on any atom is -0.461 e. The highest BCUT2D eigenvalue weighted by molar-refractivity contribution is 5.69. The van der Waals surface area contributed by atoms with E-state index in [-0.39, 0.29) is 12.6 Å². The Morgan fingerprint density at radius 1 is 1.35 bits per heavy atom. The predicted octanol–water partition coefficient (Wildman–Crippen LogP) is 0.247. The molecule has 0 radical (unpaired) electrons. The fourth-order valence-corrected chi connectivity index (χ4v) is 1.12. The molecule has 17 heavy (non-hydrogen) atoms. The summed E-state index contributed by atoms with van der Waals surface area (Å²) in [6.45, 7) is 2.25. The molecule has 0 saturated heterocycles. The molecule has 0 aliphatic carbocycles. The maximum absolute atomic E-state index is 11.1. The second-order valence-corrected chi connectivity index (χ2v) is 3.61. The van der Waals surface area contributed by atoms with Crippen molar-refractivity contribution in [1.82, 2.24) is 5.32 Å². The molecule has 1 unspecified atom stereocenters. The number of esters is 1. The Labute approximate surface area is 102 Å². The number of carbonyl (C=O) groups is 1. The SMILES string of the molecule is CCCCC(=O)OCC(O)NCC(OC)OC. The molecule has 0 bridgehead atoms. The Balaban J connectivity index is 3.57. The van der Waals surface area contributed by atoms with Crippen molar-refractivity contribution in [2.75, 3.05) is 27.4 Å². The lowest BCUT2D eigenvalue weighted by Gasteiger charge is -2.17. The molecule has 6 heteroatoms. The molecule has 0 saturated carbocycles. The summed E-state index contributed by atoms with van der Waals surface area (Å²) in [7, 11) is 3.01. The van der Waals surface area contributed by atoms with Crippen molar-refractivity contribution < 1.29 is 24.1 Å². The first-order valence-corrected chi connectivity index (χ1v) is 5.76. The van der Waals surface area contributed by atoms with Crippen molar-refractivity contribution in [1.29, 1.82) is 0 Å². The molecule has 102 valence electrons. The number of hydrogen-bond donors (Lipinski definition) is 2. The van der Waals surface area contributed by atoms with Crippen LogP contribution in [-0.2, 0) is 19.0 Å². The average Bonchev–Trinajstić information content (AvgIpc) is 2.35. The van der Waals surface area contributed by atoms with Crippen LogP contribution in [0, 0.1) is 0 Å². The Morgan fingerprint density at radius 2 is 2.00 bits per heavy atom. The van der Waals surface area contributed by atoms with Crippen molar-refractivity contribution >= 4 is 5.97 Å². The molecule has 2 N–H and O–H groups in total. The van der Waals surface area contributed by atoms with E-state index in [2.05, 4.69) is 5.32 Å². The number of ether oxygens (including phenoxy) is 3. The van der Waals surface area contributed by atoms with E-state index < -0.39 is 12.5 Å². The van der Waals surface area contributed by atoms with E-state index in [0.717, 1.165) is 12.8 Å². The van der Waals surface area contributed by atoms with Gasteiger partial charge in [0.2, 0.25) is 0 Å². The van der Waals surface area contributed by atoms with Crippen molar-refractivity contribution in [3.8, 4) is 0 Å². The molecule has 0 heterocycles. The van der Waals surface area contributed by atoms with E-state index in [1.165, 1.54) is 14.2 Å². The van der Waals surface area contributed by atoms with E-state index in [1.807, 2.05) is 6.92 Å². The lowest BCUT2D eigenvalue weighted by molar-refractivity contribution is -0.148. The van der Waals surface area contributed by atoms with E-state index in [0.29, 0.717) is 13.0 Å². The van der Waals surface area contributed by atoms with Crippen LogP contribution >= 0.6 is 0 Å². The van der Waals surface area contributed by atoms with Gasteiger partial charge in [-0.2, -0.15) is 0 Å². The maximum Gasteiger partial charge on any atom is 0.305 e. The Hall–Kier alpha value is -0.690. The fraction of sp³-hybridized carbons (Fsp3) is 0.909. The van der Waals surface area contributed by atoms with Gasteiger partial charge in [0.1, 0.15) is 12.8 Å². The fourth-order valence-electron chi connectivity index (χ4n) is 1.12. The van der Waals surface area contributed by atoms with Crippen LogP contribution < -0.4 is 5.32 Å². The molecular formula is C11H23NO5. The summed E-state index contributed by atoms with van der Waals surface area (Å²) in [5, 5.41) is 12.2. The second-order valence-electron chi connectivity index (χ2n) is 3.61. The minimum absolute atomic E-state index is 0.0668. The van der Waals surface area contributed by atoms with Crippen LogP contribution in [0.15, 0.2) is 0 Å². The summed E-state index contributed by atoms with van der Waals surface area (Å²) in [5.41, 5.74) is 0. The molecule has 0 fully saturated rings. The van der Waals surface area contributed by atoms with Gasteiger partial charge in [-0.3, -0.25) is 10.1 Å². The topological polar surface area (TPSA) is 77.0 Å². The zero-order valence-corrected chi connectivity index (χ0v) is 10.8. The van der Waals surface area contributed by atoms with Crippen LogP contribution in [0.2, 0.25) is 0 Å².